The summed E-state index contributed by atoms with van der Waals surface area (Å²) in [6.45, 7) is 0. The fourth-order valence-corrected chi connectivity index (χ4v) is 1.68. The highest BCUT2D eigenvalue weighted by atomic mass is 35.5. The molecule has 1 rings (SSSR count). The van der Waals surface area contributed by atoms with Gasteiger partial charge in [-0.3, -0.25) is 0 Å². The zero-order valence-corrected chi connectivity index (χ0v) is 10.3. The van der Waals surface area contributed by atoms with E-state index in [2.05, 4.69) is 9.47 Å². The third kappa shape index (κ3) is 3.51. The summed E-state index contributed by atoms with van der Waals surface area (Å²) in [5.41, 5.74) is -0.600. The highest BCUT2D eigenvalue weighted by Crippen LogP contribution is 2.31. The third-order valence-electron chi connectivity index (χ3n) is 2.14. The molecule has 0 spiro atoms. The van der Waals surface area contributed by atoms with Crippen LogP contribution in [-0.2, 0) is 10.6 Å². The first-order valence-corrected chi connectivity index (χ1v) is 5.33. The molecule has 0 saturated heterocycles. The first-order valence-electron chi connectivity index (χ1n) is 4.80. The third-order valence-corrected chi connectivity index (χ3v) is 2.41. The number of alkyl halides is 4. The maximum absolute atomic E-state index is 12.2. The molecule has 0 aliphatic heterocycles. The molecule has 0 N–H and O–H groups in total. The minimum atomic E-state index is -4.97. The van der Waals surface area contributed by atoms with Crippen LogP contribution in [0.15, 0.2) is 12.1 Å². The number of nitriles is 1. The van der Waals surface area contributed by atoms with Gasteiger partial charge < -0.3 is 9.47 Å². The van der Waals surface area contributed by atoms with Gasteiger partial charge in [0.25, 0.3) is 0 Å². The van der Waals surface area contributed by atoms with E-state index in [-0.39, 0.29) is 17.0 Å². The van der Waals surface area contributed by atoms with Crippen LogP contribution in [0, 0.1) is 11.3 Å². The fourth-order valence-electron chi connectivity index (χ4n) is 1.41. The molecular weight excluding hydrogens is 287 g/mol. The smallest absolute Gasteiger partial charge is 0.465 e. The Kier molecular flexibility index (Phi) is 4.62. The number of hydrogen-bond acceptors (Lipinski definition) is 4. The van der Waals surface area contributed by atoms with Gasteiger partial charge in [0.15, 0.2) is 0 Å². The second-order valence-corrected chi connectivity index (χ2v) is 3.52. The van der Waals surface area contributed by atoms with Crippen molar-refractivity contribution in [3.63, 3.8) is 0 Å². The van der Waals surface area contributed by atoms with Crippen LogP contribution in [0.2, 0.25) is 0 Å². The Morgan fingerprint density at radius 2 is 2.11 bits per heavy atom. The number of esters is 1. The molecule has 0 aliphatic carbocycles. The molecule has 0 unspecified atom stereocenters. The lowest BCUT2D eigenvalue weighted by Crippen LogP contribution is -2.20. The molecule has 0 radical (unpaired) electrons. The Bertz CT molecular complexity index is 537. The van der Waals surface area contributed by atoms with Gasteiger partial charge in [0.1, 0.15) is 11.3 Å². The maximum atomic E-state index is 12.2. The molecule has 1 aromatic carbocycles. The predicted molar refractivity (Wildman–Crippen MR) is 58.7 cm³/mol. The van der Waals surface area contributed by atoms with E-state index in [0.717, 1.165) is 19.2 Å². The van der Waals surface area contributed by atoms with E-state index < -0.39 is 23.6 Å². The van der Waals surface area contributed by atoms with Crippen molar-refractivity contribution >= 4 is 17.6 Å². The SMILES string of the molecule is COC(=O)c1c(OC(F)(F)F)ccc(C#N)c1CCl. The van der Waals surface area contributed by atoms with E-state index in [9.17, 15) is 18.0 Å². The summed E-state index contributed by atoms with van der Waals surface area (Å²) >= 11 is 5.56. The number of carbonyl (C=O) groups is 1. The fraction of sp³-hybridized carbons (Fsp3) is 0.273. The molecule has 8 heteroatoms. The molecule has 0 heterocycles. The predicted octanol–water partition coefficient (Wildman–Crippen LogP) is 2.98. The topological polar surface area (TPSA) is 59.3 Å². The summed E-state index contributed by atoms with van der Waals surface area (Å²) in [5.74, 6) is -2.15. The van der Waals surface area contributed by atoms with Gasteiger partial charge in [-0.1, -0.05) is 0 Å². The lowest BCUT2D eigenvalue weighted by Gasteiger charge is -2.15. The van der Waals surface area contributed by atoms with Crippen molar-refractivity contribution in [3.05, 3.63) is 28.8 Å². The molecular formula is C11H7ClF3NO3. The zero-order valence-electron chi connectivity index (χ0n) is 9.55. The number of methoxy groups -OCH3 is 1. The van der Waals surface area contributed by atoms with Gasteiger partial charge in [-0.05, 0) is 12.1 Å². The Morgan fingerprint density at radius 1 is 1.47 bits per heavy atom. The summed E-state index contributed by atoms with van der Waals surface area (Å²) in [6, 6.07) is 3.68. The van der Waals surface area contributed by atoms with Crippen molar-refractivity contribution in [1.82, 2.24) is 0 Å². The first-order chi connectivity index (χ1) is 8.84. The van der Waals surface area contributed by atoms with Crippen LogP contribution in [0.5, 0.6) is 5.75 Å². The zero-order chi connectivity index (χ0) is 14.6. The number of hydrogen-bond donors (Lipinski definition) is 0. The molecule has 0 saturated carbocycles. The number of ether oxygens (including phenoxy) is 2. The summed E-state index contributed by atoms with van der Waals surface area (Å²) in [5, 5.41) is 8.83. The van der Waals surface area contributed by atoms with E-state index >= 15 is 0 Å². The Balaban J connectivity index is 3.48. The number of halogens is 4. The highest BCUT2D eigenvalue weighted by molar-refractivity contribution is 6.18. The van der Waals surface area contributed by atoms with Crippen LogP contribution in [0.1, 0.15) is 21.5 Å². The maximum Gasteiger partial charge on any atom is 0.573 e. The lowest BCUT2D eigenvalue weighted by molar-refractivity contribution is -0.274. The van der Waals surface area contributed by atoms with Crippen molar-refractivity contribution < 1.29 is 27.4 Å². The van der Waals surface area contributed by atoms with Crippen molar-refractivity contribution in [2.75, 3.05) is 7.11 Å². The minimum Gasteiger partial charge on any atom is -0.465 e. The van der Waals surface area contributed by atoms with Crippen molar-refractivity contribution in [3.8, 4) is 11.8 Å². The molecule has 102 valence electrons. The van der Waals surface area contributed by atoms with Crippen LogP contribution in [-0.4, -0.2) is 19.4 Å². The molecule has 0 bridgehead atoms. The van der Waals surface area contributed by atoms with Gasteiger partial charge in [-0.25, -0.2) is 4.79 Å². The lowest BCUT2D eigenvalue weighted by atomic mass is 10.0. The number of rotatable bonds is 3. The average Bonchev–Trinajstić information content (AvgIpc) is 2.35. The summed E-state index contributed by atoms with van der Waals surface area (Å²) in [4.78, 5) is 11.5. The molecule has 19 heavy (non-hydrogen) atoms. The number of carbonyl (C=O) groups excluding carboxylic acids is 1. The van der Waals surface area contributed by atoms with Gasteiger partial charge >= 0.3 is 12.3 Å². The molecule has 4 nitrogen and oxygen atoms in total. The molecule has 0 fully saturated rings. The molecule has 0 atom stereocenters. The summed E-state index contributed by atoms with van der Waals surface area (Å²) in [7, 11) is 0.997. The average molecular weight is 294 g/mol. The molecule has 0 aliphatic rings. The standard InChI is InChI=1S/C11H7ClF3NO3/c1-18-10(17)9-7(4-12)6(5-16)2-3-8(9)19-11(13,14)15/h2-3H,4H2,1H3. The first kappa shape index (κ1) is 15.1. The van der Waals surface area contributed by atoms with Crippen LogP contribution in [0.4, 0.5) is 13.2 Å². The minimum absolute atomic E-state index is 0.0232. The van der Waals surface area contributed by atoms with Gasteiger partial charge in [0.05, 0.1) is 18.7 Å². The molecule has 1 aromatic rings. The van der Waals surface area contributed by atoms with E-state index in [0.29, 0.717) is 0 Å². The van der Waals surface area contributed by atoms with Gasteiger partial charge in [-0.2, -0.15) is 5.26 Å². The van der Waals surface area contributed by atoms with Crippen molar-refractivity contribution in [2.24, 2.45) is 0 Å². The monoisotopic (exact) mass is 293 g/mol. The molecule has 0 amide bonds. The summed E-state index contributed by atoms with van der Waals surface area (Å²) in [6.07, 6.45) is -4.97. The quantitative estimate of drug-likeness (QED) is 0.635. The van der Waals surface area contributed by atoms with Crippen LogP contribution in [0.3, 0.4) is 0 Å². The van der Waals surface area contributed by atoms with Gasteiger partial charge in [-0.15, -0.1) is 24.8 Å². The van der Waals surface area contributed by atoms with Crippen LogP contribution >= 0.6 is 11.6 Å². The van der Waals surface area contributed by atoms with E-state index in [1.54, 1.807) is 6.07 Å². The normalized spacial score (nSPS) is 10.7. The highest BCUT2D eigenvalue weighted by Gasteiger charge is 2.34. The van der Waals surface area contributed by atoms with Crippen molar-refractivity contribution in [2.45, 2.75) is 12.2 Å². The van der Waals surface area contributed by atoms with Gasteiger partial charge in [0.2, 0.25) is 0 Å². The second kappa shape index (κ2) is 5.80. The largest absolute Gasteiger partial charge is 0.573 e. The Hall–Kier alpha value is -1.94. The van der Waals surface area contributed by atoms with E-state index in [1.165, 1.54) is 0 Å². The second-order valence-electron chi connectivity index (χ2n) is 3.25. The van der Waals surface area contributed by atoms with E-state index in [1.807, 2.05) is 0 Å². The van der Waals surface area contributed by atoms with Crippen molar-refractivity contribution in [1.29, 1.82) is 5.26 Å². The number of benzene rings is 1. The molecule has 0 aromatic heterocycles. The van der Waals surface area contributed by atoms with Crippen LogP contribution < -0.4 is 4.74 Å². The van der Waals surface area contributed by atoms with Crippen LogP contribution in [0.25, 0.3) is 0 Å². The van der Waals surface area contributed by atoms with Gasteiger partial charge in [0, 0.05) is 11.4 Å². The van der Waals surface area contributed by atoms with E-state index in [4.69, 9.17) is 16.9 Å². The Labute approximate surface area is 111 Å². The Morgan fingerprint density at radius 3 is 2.53 bits per heavy atom. The number of nitrogens with zero attached hydrogens (tertiary/aromatic N) is 1. The summed E-state index contributed by atoms with van der Waals surface area (Å²) < 4.78 is 44.8.